The summed E-state index contributed by atoms with van der Waals surface area (Å²) in [4.78, 5) is 14.4. The number of hydrogen-bond acceptors (Lipinski definition) is 5. The number of carbonyl (C=O) groups excluding carboxylic acids is 1. The van der Waals surface area contributed by atoms with E-state index in [1.807, 2.05) is 47.8 Å². The molecule has 1 aliphatic rings. The minimum Gasteiger partial charge on any atom is -0.333 e. The summed E-state index contributed by atoms with van der Waals surface area (Å²) < 4.78 is 27.2. The largest absolute Gasteiger partial charge is 0.333 e. The van der Waals surface area contributed by atoms with Crippen LogP contribution in [-0.4, -0.2) is 31.8 Å². The molecule has 4 rings (SSSR count). The number of amides is 2. The fourth-order valence-corrected chi connectivity index (χ4v) is 7.19. The van der Waals surface area contributed by atoms with Crippen LogP contribution in [0.3, 0.4) is 0 Å². The zero-order valence-corrected chi connectivity index (χ0v) is 18.7. The number of carbonyl (C=O) groups is 1. The van der Waals surface area contributed by atoms with Crippen molar-refractivity contribution in [2.45, 2.75) is 29.6 Å². The Bertz CT molecular complexity index is 1070. The van der Waals surface area contributed by atoms with Crippen LogP contribution in [0.4, 0.5) is 4.79 Å². The van der Waals surface area contributed by atoms with Crippen molar-refractivity contribution in [2.24, 2.45) is 0 Å². The Balaban J connectivity index is 1.39. The van der Waals surface area contributed by atoms with E-state index in [0.29, 0.717) is 17.3 Å². The molecule has 2 amide bonds. The number of nitrogens with one attached hydrogen (secondary N) is 2. The van der Waals surface area contributed by atoms with Crippen LogP contribution in [0.15, 0.2) is 64.2 Å². The van der Waals surface area contributed by atoms with E-state index in [0.717, 1.165) is 28.2 Å². The molecule has 0 aliphatic carbocycles. The van der Waals surface area contributed by atoms with Crippen molar-refractivity contribution in [1.82, 2.24) is 14.9 Å². The van der Waals surface area contributed by atoms with Crippen LogP contribution in [0.5, 0.6) is 0 Å². The Morgan fingerprint density at radius 3 is 2.50 bits per heavy atom. The molecule has 9 heteroatoms. The van der Waals surface area contributed by atoms with E-state index in [1.54, 1.807) is 23.5 Å². The number of benzene rings is 1. The van der Waals surface area contributed by atoms with Crippen molar-refractivity contribution in [2.75, 3.05) is 13.1 Å². The first kappa shape index (κ1) is 21.0. The van der Waals surface area contributed by atoms with Crippen LogP contribution in [0, 0.1) is 0 Å². The van der Waals surface area contributed by atoms with E-state index in [9.17, 15) is 13.2 Å². The summed E-state index contributed by atoms with van der Waals surface area (Å²) in [7, 11) is -3.42. The van der Waals surface area contributed by atoms with Gasteiger partial charge in [0.2, 0.25) is 0 Å². The second kappa shape index (κ2) is 9.30. The molecule has 30 heavy (non-hydrogen) atoms. The first-order valence-corrected chi connectivity index (χ1v) is 12.9. The minimum atomic E-state index is -3.42. The Hall–Kier alpha value is -2.20. The SMILES string of the molecule is O=C(NCc1ccc(S(=O)(=O)N2CCCC2)s1)NC(c1ccccc1)c1cccs1. The molecule has 1 saturated heterocycles. The maximum absolute atomic E-state index is 12.7. The maximum atomic E-state index is 12.7. The Morgan fingerprint density at radius 1 is 1.03 bits per heavy atom. The molecule has 1 fully saturated rings. The van der Waals surface area contributed by atoms with Crippen LogP contribution in [-0.2, 0) is 16.6 Å². The summed E-state index contributed by atoms with van der Waals surface area (Å²) >= 11 is 2.80. The highest BCUT2D eigenvalue weighted by Gasteiger charge is 2.28. The second-order valence-corrected chi connectivity index (χ2v) is 11.3. The molecule has 1 aromatic carbocycles. The van der Waals surface area contributed by atoms with E-state index in [2.05, 4.69) is 10.6 Å². The number of nitrogens with zero attached hydrogens (tertiary/aromatic N) is 1. The molecule has 1 atom stereocenters. The summed E-state index contributed by atoms with van der Waals surface area (Å²) in [5.41, 5.74) is 1.00. The monoisotopic (exact) mass is 461 g/mol. The summed E-state index contributed by atoms with van der Waals surface area (Å²) in [5, 5.41) is 7.86. The molecule has 2 aromatic heterocycles. The molecule has 1 unspecified atom stereocenters. The Kier molecular flexibility index (Phi) is 6.52. The predicted molar refractivity (Wildman–Crippen MR) is 120 cm³/mol. The van der Waals surface area contributed by atoms with Gasteiger partial charge in [-0.25, -0.2) is 13.2 Å². The average molecular weight is 462 g/mol. The van der Waals surface area contributed by atoms with Gasteiger partial charge in [0.1, 0.15) is 4.21 Å². The van der Waals surface area contributed by atoms with Crippen molar-refractivity contribution in [1.29, 1.82) is 0 Å². The van der Waals surface area contributed by atoms with Gasteiger partial charge in [0.15, 0.2) is 0 Å². The van der Waals surface area contributed by atoms with Gasteiger partial charge in [-0.1, -0.05) is 36.4 Å². The summed E-state index contributed by atoms with van der Waals surface area (Å²) in [6.07, 6.45) is 1.82. The van der Waals surface area contributed by atoms with Crippen molar-refractivity contribution in [3.63, 3.8) is 0 Å². The van der Waals surface area contributed by atoms with Gasteiger partial charge in [0.05, 0.1) is 12.6 Å². The van der Waals surface area contributed by atoms with E-state index >= 15 is 0 Å². The zero-order chi connectivity index (χ0) is 21.0. The van der Waals surface area contributed by atoms with E-state index < -0.39 is 10.0 Å². The summed E-state index contributed by atoms with van der Waals surface area (Å²) in [6.45, 7) is 1.44. The molecule has 6 nitrogen and oxygen atoms in total. The molecule has 3 heterocycles. The molecular weight excluding hydrogens is 438 g/mol. The van der Waals surface area contributed by atoms with E-state index in [4.69, 9.17) is 0 Å². The maximum Gasteiger partial charge on any atom is 0.315 e. The normalized spacial score (nSPS) is 15.7. The van der Waals surface area contributed by atoms with Crippen molar-refractivity contribution < 1.29 is 13.2 Å². The van der Waals surface area contributed by atoms with Crippen LogP contribution in [0.1, 0.15) is 34.2 Å². The van der Waals surface area contributed by atoms with Gasteiger partial charge >= 0.3 is 6.03 Å². The van der Waals surface area contributed by atoms with Gasteiger partial charge in [-0.3, -0.25) is 0 Å². The minimum absolute atomic E-state index is 0.236. The first-order valence-electron chi connectivity index (χ1n) is 9.75. The quantitative estimate of drug-likeness (QED) is 0.554. The number of rotatable bonds is 7. The van der Waals surface area contributed by atoms with Crippen molar-refractivity contribution in [3.05, 3.63) is 75.3 Å². The first-order chi connectivity index (χ1) is 14.5. The fourth-order valence-electron chi connectivity index (χ4n) is 3.42. The molecule has 1 aliphatic heterocycles. The lowest BCUT2D eigenvalue weighted by molar-refractivity contribution is 0.238. The average Bonchev–Trinajstić information content (AvgIpc) is 3.53. The summed E-state index contributed by atoms with van der Waals surface area (Å²) in [6, 6.07) is 16.6. The van der Waals surface area contributed by atoms with Gasteiger partial charge in [0, 0.05) is 22.8 Å². The predicted octanol–water partition coefficient (Wildman–Crippen LogP) is 4.18. The molecule has 158 valence electrons. The van der Waals surface area contributed by atoms with Gasteiger partial charge in [-0.2, -0.15) is 4.31 Å². The zero-order valence-electron chi connectivity index (χ0n) is 16.3. The topological polar surface area (TPSA) is 78.5 Å². The molecule has 0 radical (unpaired) electrons. The highest BCUT2D eigenvalue weighted by atomic mass is 32.2. The smallest absolute Gasteiger partial charge is 0.315 e. The fraction of sp³-hybridized carbons (Fsp3) is 0.286. The number of urea groups is 1. The van der Waals surface area contributed by atoms with Gasteiger partial charge in [-0.15, -0.1) is 22.7 Å². The molecule has 0 spiro atoms. The van der Waals surface area contributed by atoms with Crippen LogP contribution < -0.4 is 10.6 Å². The van der Waals surface area contributed by atoms with E-state index in [-0.39, 0.29) is 18.6 Å². The lowest BCUT2D eigenvalue weighted by atomic mass is 10.1. The standard InChI is InChI=1S/C21H23N3O3S3/c25-21(23-20(18-9-6-14-28-18)16-7-2-1-3-8-16)22-15-17-10-11-19(29-17)30(26,27)24-12-4-5-13-24/h1-3,6-11,14,20H,4-5,12-13,15H2,(H2,22,23,25). The third-order valence-corrected chi connectivity index (χ3v) is 9.34. The number of sulfonamides is 1. The van der Waals surface area contributed by atoms with Crippen LogP contribution in [0.25, 0.3) is 0 Å². The van der Waals surface area contributed by atoms with E-state index in [1.165, 1.54) is 15.6 Å². The van der Waals surface area contributed by atoms with Crippen LogP contribution in [0.2, 0.25) is 0 Å². The second-order valence-electron chi connectivity index (χ2n) is 7.02. The van der Waals surface area contributed by atoms with Crippen LogP contribution >= 0.6 is 22.7 Å². The molecule has 3 aromatic rings. The van der Waals surface area contributed by atoms with Gasteiger partial charge in [-0.05, 0) is 42.0 Å². The molecular formula is C21H23N3O3S3. The van der Waals surface area contributed by atoms with Crippen molar-refractivity contribution in [3.8, 4) is 0 Å². The Morgan fingerprint density at radius 2 is 1.80 bits per heavy atom. The molecule has 0 bridgehead atoms. The highest BCUT2D eigenvalue weighted by Crippen LogP contribution is 2.28. The number of hydrogen-bond donors (Lipinski definition) is 2. The lowest BCUT2D eigenvalue weighted by Crippen LogP contribution is -2.37. The summed E-state index contributed by atoms with van der Waals surface area (Å²) in [5.74, 6) is 0. The number of thiophene rings is 2. The third kappa shape index (κ3) is 4.75. The van der Waals surface area contributed by atoms with Gasteiger partial charge < -0.3 is 10.6 Å². The van der Waals surface area contributed by atoms with Crippen molar-refractivity contribution >= 4 is 38.7 Å². The highest BCUT2D eigenvalue weighted by molar-refractivity contribution is 7.91. The lowest BCUT2D eigenvalue weighted by Gasteiger charge is -2.18. The third-order valence-electron chi connectivity index (χ3n) is 4.96. The molecule has 0 saturated carbocycles. The Labute approximate surface area is 184 Å². The molecule has 2 N–H and O–H groups in total. The van der Waals surface area contributed by atoms with Gasteiger partial charge in [0.25, 0.3) is 10.0 Å².